The van der Waals surface area contributed by atoms with Crippen molar-refractivity contribution in [2.24, 2.45) is 46.3 Å². The molecule has 1 N–H and O–H groups in total. The molecule has 0 aliphatic heterocycles. The van der Waals surface area contributed by atoms with Crippen molar-refractivity contribution >= 4 is 0 Å². The number of fused-ring (bicyclic) bond motifs is 5. The van der Waals surface area contributed by atoms with Crippen molar-refractivity contribution in [1.29, 1.82) is 0 Å². The maximum Gasteiger partial charge on any atom is 0.0909 e. The average molecular weight is 530 g/mol. The van der Waals surface area contributed by atoms with Crippen LogP contribution in [0, 0.1) is 46.3 Å². The van der Waals surface area contributed by atoms with Gasteiger partial charge in [0.25, 0.3) is 0 Å². The van der Waals surface area contributed by atoms with Gasteiger partial charge in [-0.1, -0.05) is 65.5 Å². The molecule has 8 atom stereocenters. The Balaban J connectivity index is 1.39. The second-order valence-electron chi connectivity index (χ2n) is 16.8. The highest BCUT2D eigenvalue weighted by Crippen LogP contribution is 2.67. The molecule has 3 fully saturated rings. The van der Waals surface area contributed by atoms with Crippen LogP contribution in [-0.4, -0.2) is 67.9 Å². The van der Waals surface area contributed by atoms with Crippen LogP contribution in [0.25, 0.3) is 0 Å². The Kier molecular flexibility index (Phi) is 9.24. The largest absolute Gasteiger partial charge is 0.390 e. The lowest BCUT2D eigenvalue weighted by molar-refractivity contribution is -0.869. The van der Waals surface area contributed by atoms with Gasteiger partial charge in [-0.3, -0.25) is 0 Å². The SMILES string of the molecule is CC(C)CCC[C@@H](C)[C@H]1CC[C@H]2[C@@H]3CC=C4CC(O)(CCN(C)CC[N+](C)(C)C)CC[C@]4(C)[C@H]3CC[C@]12C. The molecule has 0 radical (unpaired) electrons. The lowest BCUT2D eigenvalue weighted by atomic mass is 9.46. The van der Waals surface area contributed by atoms with E-state index < -0.39 is 5.60 Å². The van der Waals surface area contributed by atoms with Crippen LogP contribution in [0.2, 0.25) is 0 Å². The summed E-state index contributed by atoms with van der Waals surface area (Å²) in [4.78, 5) is 2.43. The first-order valence-corrected chi connectivity index (χ1v) is 16.6. The second-order valence-corrected chi connectivity index (χ2v) is 16.8. The zero-order valence-electron chi connectivity index (χ0n) is 27.0. The van der Waals surface area contributed by atoms with Gasteiger partial charge in [0, 0.05) is 13.1 Å². The number of aliphatic hydroxyl groups is 1. The summed E-state index contributed by atoms with van der Waals surface area (Å²) in [5, 5.41) is 11.7. The summed E-state index contributed by atoms with van der Waals surface area (Å²) in [6.07, 6.45) is 18.0. The number of hydrogen-bond donors (Lipinski definition) is 1. The van der Waals surface area contributed by atoms with E-state index in [1.165, 1.54) is 57.8 Å². The van der Waals surface area contributed by atoms with Crippen LogP contribution in [0.3, 0.4) is 0 Å². The van der Waals surface area contributed by atoms with E-state index in [9.17, 15) is 5.11 Å². The van der Waals surface area contributed by atoms with Gasteiger partial charge in [-0.05, 0) is 111 Å². The van der Waals surface area contributed by atoms with Crippen molar-refractivity contribution in [2.45, 2.75) is 117 Å². The normalized spacial score (nSPS) is 40.1. The molecule has 4 aliphatic rings. The van der Waals surface area contributed by atoms with Crippen LogP contribution < -0.4 is 0 Å². The van der Waals surface area contributed by atoms with Gasteiger partial charge in [-0.15, -0.1) is 0 Å². The summed E-state index contributed by atoms with van der Waals surface area (Å²) in [6.45, 7) is 15.9. The van der Waals surface area contributed by atoms with E-state index in [-0.39, 0.29) is 0 Å². The first kappa shape index (κ1) is 30.6. The van der Waals surface area contributed by atoms with Crippen LogP contribution in [0.15, 0.2) is 11.6 Å². The molecular weight excluding hydrogens is 464 g/mol. The van der Waals surface area contributed by atoms with E-state index in [0.717, 1.165) is 78.9 Å². The van der Waals surface area contributed by atoms with Crippen LogP contribution in [0.5, 0.6) is 0 Å². The molecule has 1 unspecified atom stereocenters. The Morgan fingerprint density at radius 1 is 0.974 bits per heavy atom. The molecule has 0 aromatic heterocycles. The fraction of sp³-hybridized carbons (Fsp3) is 0.943. The minimum absolute atomic E-state index is 0.326. The van der Waals surface area contributed by atoms with Crippen molar-refractivity contribution in [1.82, 2.24) is 4.90 Å². The number of nitrogens with zero attached hydrogens (tertiary/aromatic N) is 2. The third kappa shape index (κ3) is 6.41. The van der Waals surface area contributed by atoms with Gasteiger partial charge in [-0.25, -0.2) is 0 Å². The Morgan fingerprint density at radius 2 is 1.71 bits per heavy atom. The van der Waals surface area contributed by atoms with Crippen LogP contribution in [0.4, 0.5) is 0 Å². The summed E-state index contributed by atoms with van der Waals surface area (Å²) in [5.74, 6) is 5.30. The predicted octanol–water partition coefficient (Wildman–Crippen LogP) is 7.79. The molecule has 3 saturated carbocycles. The zero-order valence-corrected chi connectivity index (χ0v) is 27.0. The molecule has 0 heterocycles. The van der Waals surface area contributed by atoms with Crippen LogP contribution >= 0.6 is 0 Å². The van der Waals surface area contributed by atoms with Gasteiger partial charge in [-0.2, -0.15) is 0 Å². The smallest absolute Gasteiger partial charge is 0.0909 e. The molecule has 4 aliphatic carbocycles. The summed E-state index contributed by atoms with van der Waals surface area (Å²) >= 11 is 0. The van der Waals surface area contributed by atoms with E-state index >= 15 is 0 Å². The predicted molar refractivity (Wildman–Crippen MR) is 163 cm³/mol. The highest BCUT2D eigenvalue weighted by Gasteiger charge is 2.59. The van der Waals surface area contributed by atoms with Gasteiger partial charge >= 0.3 is 0 Å². The second kappa shape index (κ2) is 11.5. The Morgan fingerprint density at radius 3 is 2.39 bits per heavy atom. The van der Waals surface area contributed by atoms with Gasteiger partial charge in [0.05, 0.1) is 33.3 Å². The molecule has 38 heavy (non-hydrogen) atoms. The van der Waals surface area contributed by atoms with Crippen molar-refractivity contribution < 1.29 is 9.59 Å². The van der Waals surface area contributed by atoms with E-state index in [1.807, 2.05) is 0 Å². The van der Waals surface area contributed by atoms with Crippen molar-refractivity contribution in [3.05, 3.63) is 11.6 Å². The number of quaternary nitrogens is 1. The van der Waals surface area contributed by atoms with Gasteiger partial charge in [0.1, 0.15) is 0 Å². The van der Waals surface area contributed by atoms with E-state index in [1.54, 1.807) is 5.57 Å². The molecule has 0 aromatic carbocycles. The van der Waals surface area contributed by atoms with Crippen molar-refractivity contribution in [3.63, 3.8) is 0 Å². The number of allylic oxidation sites excluding steroid dienone is 1. The Bertz CT molecular complexity index is 828. The maximum atomic E-state index is 11.7. The Hall–Kier alpha value is -0.380. The molecule has 3 nitrogen and oxygen atoms in total. The minimum Gasteiger partial charge on any atom is -0.390 e. The van der Waals surface area contributed by atoms with Gasteiger partial charge < -0.3 is 14.5 Å². The minimum atomic E-state index is -0.504. The van der Waals surface area contributed by atoms with Crippen LogP contribution in [0.1, 0.15) is 112 Å². The third-order valence-electron chi connectivity index (χ3n) is 12.6. The summed E-state index contributed by atoms with van der Waals surface area (Å²) in [7, 11) is 9.02. The van der Waals surface area contributed by atoms with E-state index in [2.05, 4.69) is 73.8 Å². The molecule has 220 valence electrons. The Labute approximate surface area is 237 Å². The van der Waals surface area contributed by atoms with Crippen molar-refractivity contribution in [3.8, 4) is 0 Å². The maximum absolute atomic E-state index is 11.7. The molecule has 0 saturated heterocycles. The molecule has 4 rings (SSSR count). The molecular formula is C35H65N2O+. The van der Waals surface area contributed by atoms with Crippen molar-refractivity contribution in [2.75, 3.05) is 47.8 Å². The van der Waals surface area contributed by atoms with E-state index in [0.29, 0.717) is 10.8 Å². The fourth-order valence-corrected chi connectivity index (χ4v) is 9.93. The molecule has 0 aromatic rings. The van der Waals surface area contributed by atoms with E-state index in [4.69, 9.17) is 0 Å². The summed E-state index contributed by atoms with van der Waals surface area (Å²) in [6, 6.07) is 0. The topological polar surface area (TPSA) is 23.5 Å². The van der Waals surface area contributed by atoms with Crippen LogP contribution in [-0.2, 0) is 0 Å². The lowest BCUT2D eigenvalue weighted by Gasteiger charge is -2.59. The monoisotopic (exact) mass is 530 g/mol. The van der Waals surface area contributed by atoms with Gasteiger partial charge in [0.15, 0.2) is 0 Å². The fourth-order valence-electron chi connectivity index (χ4n) is 9.93. The lowest BCUT2D eigenvalue weighted by Crippen LogP contribution is -2.52. The quantitative estimate of drug-likeness (QED) is 0.218. The molecule has 3 heteroatoms. The summed E-state index contributed by atoms with van der Waals surface area (Å²) < 4.78 is 1.00. The molecule has 0 spiro atoms. The summed E-state index contributed by atoms with van der Waals surface area (Å²) in [5.41, 5.74) is 2.01. The average Bonchev–Trinajstić information content (AvgIpc) is 3.19. The first-order chi connectivity index (χ1) is 17.7. The third-order valence-corrected chi connectivity index (χ3v) is 12.6. The zero-order chi connectivity index (χ0) is 27.9. The molecule has 0 amide bonds. The number of likely N-dealkylation sites (N-methyl/N-ethyl adjacent to an activating group) is 2. The number of rotatable bonds is 11. The standard InChI is InChI=1S/C35H65N2O/c1-26(2)11-10-12-27(3)30-15-16-31-29-14-13-28-25-35(38,21-22-36(6)23-24-37(7,8)9)20-19-33(28,4)32(29)17-18-34(30,31)5/h13,26-27,29-32,38H,10-12,14-25H2,1-9H3/q+1/t27-,29+,30-,31+,32+,33+,34-,35?/m1/s1. The number of hydrogen-bond acceptors (Lipinski definition) is 2. The first-order valence-electron chi connectivity index (χ1n) is 16.6. The highest BCUT2D eigenvalue weighted by molar-refractivity contribution is 5.27. The van der Waals surface area contributed by atoms with Gasteiger partial charge in [0.2, 0.25) is 0 Å². The molecule has 0 bridgehead atoms. The highest BCUT2D eigenvalue weighted by atomic mass is 16.3.